The molecule has 1 aliphatic rings. The van der Waals surface area contributed by atoms with Gasteiger partial charge in [-0.25, -0.2) is 33.4 Å². The normalized spacial score (nSPS) is 13.9. The first-order chi connectivity index (χ1) is 27.3. The van der Waals surface area contributed by atoms with Crippen molar-refractivity contribution < 1.29 is 23.8 Å². The molecule has 0 spiro atoms. The number of rotatable bonds is 5. The van der Waals surface area contributed by atoms with E-state index in [0.29, 0.717) is 28.8 Å². The lowest BCUT2D eigenvalue weighted by Gasteiger charge is -2.28. The number of hydrogen-bond acceptors (Lipinski definition) is 8. The first kappa shape index (κ1) is 35.5. The molecule has 0 amide bonds. The molecule has 9 rings (SSSR count). The number of ether oxygens (including phenoxy) is 3. The summed E-state index contributed by atoms with van der Waals surface area (Å²) in [5.41, 5.74) is 7.44. The molecule has 5 aromatic heterocycles. The van der Waals surface area contributed by atoms with E-state index in [0.717, 1.165) is 50.4 Å². The lowest BCUT2D eigenvalue weighted by molar-refractivity contribution is 0.0528. The zero-order valence-corrected chi connectivity index (χ0v) is 32.3. The maximum absolute atomic E-state index is 12.9. The van der Waals surface area contributed by atoms with Crippen LogP contribution in [0.25, 0.3) is 67.8 Å². The van der Waals surface area contributed by atoms with E-state index in [4.69, 9.17) is 24.3 Å². The molecule has 57 heavy (non-hydrogen) atoms. The van der Waals surface area contributed by atoms with Crippen LogP contribution in [0.15, 0.2) is 116 Å². The number of aromatic amines is 2. The molecular weight excluding hydrogens is 721 g/mol. The monoisotopic (exact) mass is 760 g/mol. The van der Waals surface area contributed by atoms with Crippen molar-refractivity contribution in [1.29, 1.82) is 0 Å². The van der Waals surface area contributed by atoms with E-state index < -0.39 is 29.6 Å². The summed E-state index contributed by atoms with van der Waals surface area (Å²) < 4.78 is 22.8. The van der Waals surface area contributed by atoms with E-state index in [9.17, 15) is 9.59 Å². The molecule has 13 heteroatoms. The Morgan fingerprint density at radius 3 is 2.05 bits per heavy atom. The van der Waals surface area contributed by atoms with E-state index in [1.165, 1.54) is 9.13 Å². The summed E-state index contributed by atoms with van der Waals surface area (Å²) in [6, 6.07) is 31.3. The molecule has 286 valence electrons. The van der Waals surface area contributed by atoms with Crippen molar-refractivity contribution >= 4 is 23.2 Å². The summed E-state index contributed by atoms with van der Waals surface area (Å²) in [7, 11) is 0. The average Bonchev–Trinajstić information content (AvgIpc) is 4.01. The van der Waals surface area contributed by atoms with Crippen LogP contribution in [0.1, 0.15) is 53.3 Å². The van der Waals surface area contributed by atoms with Gasteiger partial charge in [-0.1, -0.05) is 42.5 Å². The first-order valence-electron chi connectivity index (χ1n) is 18.6. The fourth-order valence-electron chi connectivity index (χ4n) is 6.89. The maximum atomic E-state index is 12.9. The Balaban J connectivity index is 1.05. The first-order valence-corrected chi connectivity index (χ1v) is 18.6. The number of carbonyl (C=O) groups excluding carboxylic acids is 2. The van der Waals surface area contributed by atoms with Crippen LogP contribution in [0.5, 0.6) is 5.75 Å². The minimum atomic E-state index is -0.638. The molecule has 8 aromatic rings. The Morgan fingerprint density at radius 1 is 0.702 bits per heavy atom. The van der Waals surface area contributed by atoms with Crippen LogP contribution in [-0.4, -0.2) is 62.2 Å². The fourth-order valence-corrected chi connectivity index (χ4v) is 6.89. The molecule has 0 unspecified atom stereocenters. The van der Waals surface area contributed by atoms with Gasteiger partial charge in [-0.05, 0) is 96.1 Å². The van der Waals surface area contributed by atoms with Gasteiger partial charge in [-0.15, -0.1) is 0 Å². The molecule has 0 saturated carbocycles. The van der Waals surface area contributed by atoms with Crippen molar-refractivity contribution in [1.82, 2.24) is 38.9 Å². The van der Waals surface area contributed by atoms with E-state index >= 15 is 0 Å². The smallest absolute Gasteiger partial charge is 0.419 e. The molecule has 13 nitrogen and oxygen atoms in total. The van der Waals surface area contributed by atoms with Crippen LogP contribution >= 0.6 is 0 Å². The van der Waals surface area contributed by atoms with Gasteiger partial charge in [-0.2, -0.15) is 5.10 Å². The van der Waals surface area contributed by atoms with Crippen LogP contribution < -0.4 is 4.74 Å². The van der Waals surface area contributed by atoms with Crippen molar-refractivity contribution in [2.75, 3.05) is 0 Å². The molecule has 0 fully saturated rings. The molecule has 0 aliphatic carbocycles. The van der Waals surface area contributed by atoms with Gasteiger partial charge < -0.3 is 24.2 Å². The number of H-pyrrole nitrogens is 2. The van der Waals surface area contributed by atoms with E-state index in [2.05, 4.69) is 21.0 Å². The van der Waals surface area contributed by atoms with Gasteiger partial charge in [0.25, 0.3) is 0 Å². The molecule has 3 aromatic carbocycles. The predicted octanol–water partition coefficient (Wildman–Crippen LogP) is 9.93. The molecule has 2 N–H and O–H groups in total. The quantitative estimate of drug-likeness (QED) is 0.176. The van der Waals surface area contributed by atoms with Gasteiger partial charge in [-0.3, -0.25) is 0 Å². The number of nitrogens with zero attached hydrogens (tertiary/aromatic N) is 6. The third kappa shape index (κ3) is 6.77. The number of hydrogen-bond donors (Lipinski definition) is 2. The van der Waals surface area contributed by atoms with Crippen LogP contribution in [0.4, 0.5) is 9.59 Å². The Bertz CT molecular complexity index is 2810. The number of imidazole rings is 2. The Labute approximate surface area is 327 Å². The van der Waals surface area contributed by atoms with Crippen LogP contribution in [0.2, 0.25) is 0 Å². The summed E-state index contributed by atoms with van der Waals surface area (Å²) in [4.78, 5) is 42.0. The van der Waals surface area contributed by atoms with Crippen molar-refractivity contribution in [2.45, 2.75) is 59.0 Å². The highest BCUT2D eigenvalue weighted by molar-refractivity contribution is 5.86. The third-order valence-corrected chi connectivity index (χ3v) is 9.37. The van der Waals surface area contributed by atoms with E-state index in [1.807, 2.05) is 125 Å². The van der Waals surface area contributed by atoms with Gasteiger partial charge in [0.15, 0.2) is 11.6 Å². The van der Waals surface area contributed by atoms with Crippen LogP contribution in [-0.2, 0) is 9.47 Å². The summed E-state index contributed by atoms with van der Waals surface area (Å²) in [5.74, 6) is 1.77. The highest BCUT2D eigenvalue weighted by atomic mass is 16.6. The minimum absolute atomic E-state index is 0.477. The van der Waals surface area contributed by atoms with Gasteiger partial charge in [0.1, 0.15) is 17.0 Å². The van der Waals surface area contributed by atoms with Gasteiger partial charge in [0.2, 0.25) is 6.23 Å². The molecule has 1 aliphatic heterocycles. The molecule has 0 saturated heterocycles. The molecule has 0 bridgehead atoms. The summed E-state index contributed by atoms with van der Waals surface area (Å²) in [6.07, 6.45) is 3.59. The summed E-state index contributed by atoms with van der Waals surface area (Å²) in [5, 5.41) is 5.11. The van der Waals surface area contributed by atoms with Gasteiger partial charge >= 0.3 is 12.2 Å². The lowest BCUT2D eigenvalue weighted by Crippen LogP contribution is -2.27. The Morgan fingerprint density at radius 2 is 1.37 bits per heavy atom. The van der Waals surface area contributed by atoms with Crippen LogP contribution in [0.3, 0.4) is 0 Å². The third-order valence-electron chi connectivity index (χ3n) is 9.37. The minimum Gasteiger partial charge on any atom is -0.464 e. The predicted molar refractivity (Wildman–Crippen MR) is 216 cm³/mol. The second-order valence-electron chi connectivity index (χ2n) is 15.9. The largest absolute Gasteiger partial charge is 0.464 e. The highest BCUT2D eigenvalue weighted by Crippen LogP contribution is 2.44. The summed E-state index contributed by atoms with van der Waals surface area (Å²) >= 11 is 0. The fraction of sp³-hybridized carbons (Fsp3) is 0.205. The molecular formula is C44H40N8O5. The molecule has 6 heterocycles. The lowest BCUT2D eigenvalue weighted by atomic mass is 10.0. The molecule has 1 atom stereocenters. The van der Waals surface area contributed by atoms with E-state index in [-0.39, 0.29) is 0 Å². The molecule has 0 radical (unpaired) electrons. The average molecular weight is 761 g/mol. The second kappa shape index (κ2) is 13.3. The number of fused-ring (bicyclic) bond motifs is 4. The Hall–Kier alpha value is -7.15. The highest BCUT2D eigenvalue weighted by Gasteiger charge is 2.30. The van der Waals surface area contributed by atoms with Gasteiger partial charge in [0.05, 0.1) is 45.7 Å². The van der Waals surface area contributed by atoms with Crippen LogP contribution in [0, 0.1) is 0 Å². The topological polar surface area (TPSA) is 147 Å². The van der Waals surface area contributed by atoms with E-state index in [1.54, 1.807) is 30.7 Å². The maximum Gasteiger partial charge on any atom is 0.419 e. The number of aromatic nitrogens is 8. The van der Waals surface area contributed by atoms with Crippen molar-refractivity contribution in [3.63, 3.8) is 0 Å². The van der Waals surface area contributed by atoms with Crippen molar-refractivity contribution in [2.24, 2.45) is 0 Å². The second-order valence-corrected chi connectivity index (χ2v) is 15.9. The number of carbonyl (C=O) groups is 2. The SMILES string of the molecule is CC(C)(C)OC(=O)n1cccc1-c1ncc(-c2ccc3c(c2)O[C@@H](c2ccccc2)n2nc(-c4ccc5nc(-c6cccn6C(=O)OC(C)(C)C)[nH]c5c4)cc2-3)[nH]1. The zero-order valence-electron chi connectivity index (χ0n) is 32.3. The van der Waals surface area contributed by atoms with Gasteiger partial charge in [0, 0.05) is 34.6 Å². The van der Waals surface area contributed by atoms with Crippen molar-refractivity contribution in [3.8, 4) is 62.6 Å². The van der Waals surface area contributed by atoms with Crippen molar-refractivity contribution in [3.05, 3.63) is 121 Å². The number of nitrogens with one attached hydrogen (secondary N) is 2. The standard InChI is InChI=1S/C44H40N8O5/c1-43(2,3)56-41(53)50-20-10-14-34(50)38-45-25-33(48-38)28-16-18-29-36-24-31(49-52(36)40(55-37(29)23-28)26-12-8-7-9-13-26)27-17-19-30-32(22-27)47-39(46-30)35-15-11-21-51(35)42(54)57-44(4,5)6/h7-25,40H,1-6H3,(H,45,48)(H,46,47)/t40-/m0/s1. The Kier molecular flexibility index (Phi) is 8.27. The number of benzene rings is 3. The zero-order chi connectivity index (χ0) is 39.6. The summed E-state index contributed by atoms with van der Waals surface area (Å²) in [6.45, 7) is 11.0.